The molecule has 2 N–H and O–H groups in total. The van der Waals surface area contributed by atoms with Crippen LogP contribution < -0.4 is 5.32 Å². The molecule has 1 aromatic carbocycles. The second-order valence-corrected chi connectivity index (χ2v) is 9.85. The van der Waals surface area contributed by atoms with E-state index in [1.807, 2.05) is 18.5 Å². The molecule has 1 unspecified atom stereocenters. The van der Waals surface area contributed by atoms with Crippen LogP contribution in [0.2, 0.25) is 5.02 Å². The number of halogens is 1. The third-order valence-corrected chi connectivity index (χ3v) is 7.36. The maximum atomic E-state index is 6.37. The van der Waals surface area contributed by atoms with Gasteiger partial charge in [0.1, 0.15) is 0 Å². The van der Waals surface area contributed by atoms with Crippen LogP contribution in [0.4, 0.5) is 0 Å². The van der Waals surface area contributed by atoms with Crippen LogP contribution in [-0.4, -0.2) is 27.5 Å². The molecule has 5 heteroatoms. The number of unbranched alkanes of at least 4 members (excludes halogenated alkanes) is 3. The van der Waals surface area contributed by atoms with Crippen molar-refractivity contribution in [3.8, 4) is 0 Å². The van der Waals surface area contributed by atoms with Crippen molar-refractivity contribution in [2.45, 2.75) is 70.3 Å². The number of imidazole rings is 1. The molecule has 2 aliphatic rings. The predicted octanol–water partition coefficient (Wildman–Crippen LogP) is 6.30. The molecule has 1 aliphatic carbocycles. The first-order chi connectivity index (χ1) is 16.3. The molecule has 33 heavy (non-hydrogen) atoms. The zero-order valence-electron chi connectivity index (χ0n) is 19.2. The average molecular weight is 461 g/mol. The Hall–Kier alpha value is -2.43. The predicted molar refractivity (Wildman–Crippen MR) is 136 cm³/mol. The zero-order chi connectivity index (χ0) is 22.5. The first kappa shape index (κ1) is 22.4. The van der Waals surface area contributed by atoms with Crippen molar-refractivity contribution in [2.24, 2.45) is 0 Å². The lowest BCUT2D eigenvalue weighted by molar-refractivity contribution is 0.420. The van der Waals surface area contributed by atoms with Gasteiger partial charge in [-0.15, -0.1) is 0 Å². The molecule has 1 fully saturated rings. The van der Waals surface area contributed by atoms with E-state index in [2.05, 4.69) is 39.6 Å². The number of nitrogens with zero attached hydrogens (tertiary/aromatic N) is 2. The van der Waals surface area contributed by atoms with Crippen LogP contribution in [0, 0.1) is 0 Å². The van der Waals surface area contributed by atoms with Crippen LogP contribution >= 0.6 is 11.6 Å². The van der Waals surface area contributed by atoms with Crippen molar-refractivity contribution in [3.63, 3.8) is 0 Å². The highest BCUT2D eigenvalue weighted by Gasteiger charge is 2.26. The normalized spacial score (nSPS) is 20.2. The van der Waals surface area contributed by atoms with Gasteiger partial charge in [-0.3, -0.25) is 4.98 Å². The molecule has 3 aromatic rings. The highest BCUT2D eigenvalue weighted by Crippen LogP contribution is 2.38. The Balaban J connectivity index is 1.28. The Morgan fingerprint density at radius 3 is 2.79 bits per heavy atom. The second kappa shape index (κ2) is 10.7. The second-order valence-electron chi connectivity index (χ2n) is 9.41. The van der Waals surface area contributed by atoms with Crippen molar-refractivity contribution in [1.29, 1.82) is 0 Å². The topological polar surface area (TPSA) is 53.6 Å². The molecule has 1 atom stereocenters. The number of fused-ring (bicyclic) bond motifs is 2. The molecule has 1 saturated heterocycles. The lowest BCUT2D eigenvalue weighted by Crippen LogP contribution is -2.35. The molecule has 2 aromatic heterocycles. The maximum absolute atomic E-state index is 6.37. The number of aryl methyl sites for hydroxylation is 3. The third kappa shape index (κ3) is 5.39. The monoisotopic (exact) mass is 460 g/mol. The van der Waals surface area contributed by atoms with Crippen molar-refractivity contribution in [2.75, 3.05) is 6.54 Å². The van der Waals surface area contributed by atoms with E-state index >= 15 is 0 Å². The summed E-state index contributed by atoms with van der Waals surface area (Å²) in [5, 5.41) is 4.61. The summed E-state index contributed by atoms with van der Waals surface area (Å²) >= 11 is 6.37. The Morgan fingerprint density at radius 2 is 1.88 bits per heavy atom. The van der Waals surface area contributed by atoms with E-state index in [1.54, 1.807) is 11.9 Å². The number of pyridine rings is 1. The maximum Gasteiger partial charge on any atom is 0.0923 e. The quantitative estimate of drug-likeness (QED) is 0.406. The van der Waals surface area contributed by atoms with Crippen LogP contribution in [-0.2, 0) is 19.3 Å². The van der Waals surface area contributed by atoms with E-state index in [1.165, 1.54) is 65.8 Å². The van der Waals surface area contributed by atoms with Gasteiger partial charge in [0.05, 0.1) is 17.7 Å². The summed E-state index contributed by atoms with van der Waals surface area (Å²) in [6.07, 6.45) is 17.4. The van der Waals surface area contributed by atoms with Crippen molar-refractivity contribution in [3.05, 3.63) is 87.7 Å². The molecular weight excluding hydrogens is 428 g/mol. The van der Waals surface area contributed by atoms with Crippen LogP contribution in [0.15, 0.2) is 54.6 Å². The number of hydrogen-bond donors (Lipinski definition) is 2. The Bertz CT molecular complexity index is 1100. The molecule has 0 saturated carbocycles. The van der Waals surface area contributed by atoms with Gasteiger partial charge in [0.15, 0.2) is 0 Å². The lowest BCUT2D eigenvalue weighted by Gasteiger charge is -2.29. The van der Waals surface area contributed by atoms with Gasteiger partial charge in [0.25, 0.3) is 0 Å². The highest BCUT2D eigenvalue weighted by atomic mass is 35.5. The van der Waals surface area contributed by atoms with Gasteiger partial charge in [0, 0.05) is 29.0 Å². The van der Waals surface area contributed by atoms with Gasteiger partial charge in [-0.25, -0.2) is 4.98 Å². The Kier molecular flexibility index (Phi) is 7.23. The molecule has 4 nitrogen and oxygen atoms in total. The average Bonchev–Trinajstić information content (AvgIpc) is 3.30. The van der Waals surface area contributed by atoms with E-state index in [0.29, 0.717) is 6.04 Å². The number of hydrogen-bond acceptors (Lipinski definition) is 3. The molecule has 0 spiro atoms. The van der Waals surface area contributed by atoms with E-state index in [4.69, 9.17) is 16.6 Å². The van der Waals surface area contributed by atoms with Crippen molar-refractivity contribution in [1.82, 2.24) is 20.3 Å². The Morgan fingerprint density at radius 1 is 0.970 bits per heavy atom. The number of nitrogens with one attached hydrogen (secondary N) is 2. The summed E-state index contributed by atoms with van der Waals surface area (Å²) in [4.78, 5) is 12.2. The van der Waals surface area contributed by atoms with Crippen molar-refractivity contribution < 1.29 is 0 Å². The minimum absolute atomic E-state index is 0.554. The zero-order valence-corrected chi connectivity index (χ0v) is 20.0. The number of aromatic nitrogens is 3. The Labute approximate surface area is 201 Å². The minimum atomic E-state index is 0.554. The molecule has 0 amide bonds. The van der Waals surface area contributed by atoms with Gasteiger partial charge in [-0.1, -0.05) is 48.6 Å². The fourth-order valence-electron chi connectivity index (χ4n) is 5.44. The molecule has 3 heterocycles. The van der Waals surface area contributed by atoms with E-state index in [-0.39, 0.29) is 0 Å². The van der Waals surface area contributed by atoms with E-state index in [9.17, 15) is 0 Å². The summed E-state index contributed by atoms with van der Waals surface area (Å²) in [6, 6.07) is 11.3. The number of benzene rings is 1. The fourth-order valence-corrected chi connectivity index (χ4v) is 5.64. The van der Waals surface area contributed by atoms with Gasteiger partial charge in [-0.05, 0) is 86.4 Å². The molecule has 0 bridgehead atoms. The minimum Gasteiger partial charge on any atom is -0.351 e. The SMILES string of the molecule is Clc1ccc2c(c1)CCc1cccnc1C2=C1CCNC(CCCCCCc2c[nH]cn2)C1. The summed E-state index contributed by atoms with van der Waals surface area (Å²) < 4.78 is 0. The third-order valence-electron chi connectivity index (χ3n) is 7.12. The number of rotatable bonds is 7. The highest BCUT2D eigenvalue weighted by molar-refractivity contribution is 6.30. The standard InChI is InChI=1S/C28H33ClN4/c29-23-11-12-26-21(16-23)10-9-20-6-5-14-32-28(20)27(26)22-13-15-31-24(17-22)7-3-1-2-4-8-25-18-30-19-33-25/h5-6,11-12,14,16,18-19,24,31H,1-4,7-10,13,15,17H2,(H,30,33). The largest absolute Gasteiger partial charge is 0.351 e. The molecular formula is C28H33ClN4. The molecule has 0 radical (unpaired) electrons. The number of H-pyrrole nitrogens is 1. The molecule has 5 rings (SSSR count). The van der Waals surface area contributed by atoms with Crippen LogP contribution in [0.3, 0.4) is 0 Å². The lowest BCUT2D eigenvalue weighted by atomic mass is 9.85. The fraction of sp³-hybridized carbons (Fsp3) is 0.429. The number of piperidine rings is 1. The van der Waals surface area contributed by atoms with Gasteiger partial charge >= 0.3 is 0 Å². The van der Waals surface area contributed by atoms with Crippen molar-refractivity contribution >= 4 is 17.2 Å². The first-order valence-corrected chi connectivity index (χ1v) is 12.8. The molecule has 1 aliphatic heterocycles. The van der Waals surface area contributed by atoms with Crippen LogP contribution in [0.5, 0.6) is 0 Å². The molecule has 172 valence electrons. The first-order valence-electron chi connectivity index (χ1n) is 12.4. The van der Waals surface area contributed by atoms with Crippen LogP contribution in [0.25, 0.3) is 5.57 Å². The van der Waals surface area contributed by atoms with Gasteiger partial charge in [0.2, 0.25) is 0 Å². The van der Waals surface area contributed by atoms with E-state index < -0.39 is 0 Å². The smallest absolute Gasteiger partial charge is 0.0923 e. The summed E-state index contributed by atoms with van der Waals surface area (Å²) in [6.45, 7) is 1.05. The van der Waals surface area contributed by atoms with Gasteiger partial charge < -0.3 is 10.3 Å². The van der Waals surface area contributed by atoms with Gasteiger partial charge in [-0.2, -0.15) is 0 Å². The summed E-state index contributed by atoms with van der Waals surface area (Å²) in [7, 11) is 0. The summed E-state index contributed by atoms with van der Waals surface area (Å²) in [5.41, 5.74) is 9.36. The summed E-state index contributed by atoms with van der Waals surface area (Å²) in [5.74, 6) is 0. The van der Waals surface area contributed by atoms with E-state index in [0.717, 1.165) is 43.7 Å². The number of aromatic amines is 1. The van der Waals surface area contributed by atoms with Crippen LogP contribution in [0.1, 0.15) is 73.0 Å².